The number of piperazine rings is 1. The van der Waals surface area contributed by atoms with Gasteiger partial charge in [-0.3, -0.25) is 9.69 Å². The van der Waals surface area contributed by atoms with Gasteiger partial charge in [0.05, 0.1) is 5.56 Å². The van der Waals surface area contributed by atoms with Gasteiger partial charge in [-0.05, 0) is 24.8 Å². The number of alkyl halides is 3. The normalized spacial score (nSPS) is 28.3. The van der Waals surface area contributed by atoms with Gasteiger partial charge in [0.2, 0.25) is 0 Å². The molecular weight excluding hydrogens is 399 g/mol. The first kappa shape index (κ1) is 20.9. The zero-order valence-electron chi connectivity index (χ0n) is 17.0. The van der Waals surface area contributed by atoms with Gasteiger partial charge in [0.25, 0.3) is 11.7 Å². The summed E-state index contributed by atoms with van der Waals surface area (Å²) in [5.74, 6) is 0.660. The molecular formula is C20H28F3N5O2+2. The minimum absolute atomic E-state index is 0.106. The Labute approximate surface area is 173 Å². The zero-order chi connectivity index (χ0) is 21.5. The molecule has 1 aromatic heterocycles. The molecule has 3 N–H and O–H groups in total. The molecule has 3 amide bonds. The Morgan fingerprint density at radius 2 is 1.97 bits per heavy atom. The van der Waals surface area contributed by atoms with E-state index < -0.39 is 17.3 Å². The van der Waals surface area contributed by atoms with Crippen LogP contribution in [0.4, 0.5) is 23.8 Å². The second-order valence-electron chi connectivity index (χ2n) is 8.64. The Morgan fingerprint density at radius 3 is 2.57 bits per heavy atom. The Hall–Kier alpha value is -2.36. The molecule has 3 heterocycles. The van der Waals surface area contributed by atoms with E-state index in [0.29, 0.717) is 45.1 Å². The van der Waals surface area contributed by atoms with Gasteiger partial charge in [0.15, 0.2) is 6.67 Å². The van der Waals surface area contributed by atoms with Gasteiger partial charge in [0, 0.05) is 6.07 Å². The summed E-state index contributed by atoms with van der Waals surface area (Å²) in [6.45, 7) is 4.99. The number of quaternary nitrogens is 1. The van der Waals surface area contributed by atoms with Gasteiger partial charge in [-0.25, -0.2) is 14.7 Å². The molecule has 0 aromatic carbocycles. The lowest BCUT2D eigenvalue weighted by molar-refractivity contribution is -0.908. The molecule has 0 unspecified atom stereocenters. The maximum atomic E-state index is 13.1. The van der Waals surface area contributed by atoms with Gasteiger partial charge >= 0.3 is 12.2 Å². The Kier molecular flexibility index (Phi) is 5.37. The Morgan fingerprint density at radius 1 is 1.23 bits per heavy atom. The van der Waals surface area contributed by atoms with Crippen LogP contribution in [0, 0.1) is 5.92 Å². The summed E-state index contributed by atoms with van der Waals surface area (Å²) in [4.78, 5) is 32.8. The van der Waals surface area contributed by atoms with E-state index in [-0.39, 0.29) is 17.9 Å². The van der Waals surface area contributed by atoms with Crippen LogP contribution in [0.15, 0.2) is 18.3 Å². The number of aromatic amines is 1. The maximum absolute atomic E-state index is 13.1. The minimum Gasteiger partial charge on any atom is -0.323 e. The summed E-state index contributed by atoms with van der Waals surface area (Å²) >= 11 is 0. The topological polar surface area (TPSA) is 71.2 Å². The number of imide groups is 1. The number of urea groups is 1. The van der Waals surface area contributed by atoms with E-state index in [9.17, 15) is 22.8 Å². The van der Waals surface area contributed by atoms with Crippen molar-refractivity contribution in [1.29, 1.82) is 0 Å². The van der Waals surface area contributed by atoms with Gasteiger partial charge in [-0.15, -0.1) is 0 Å². The van der Waals surface area contributed by atoms with Crippen LogP contribution < -0.4 is 20.1 Å². The molecule has 0 bridgehead atoms. The average Bonchev–Trinajstić information content (AvgIpc) is 2.95. The van der Waals surface area contributed by atoms with Gasteiger partial charge in [-0.1, -0.05) is 19.8 Å². The maximum Gasteiger partial charge on any atom is 0.419 e. The molecule has 1 aromatic rings. The number of aromatic nitrogens is 1. The molecule has 30 heavy (non-hydrogen) atoms. The van der Waals surface area contributed by atoms with E-state index in [1.165, 1.54) is 11.0 Å². The summed E-state index contributed by atoms with van der Waals surface area (Å²) in [5, 5.41) is 2.98. The fourth-order valence-electron chi connectivity index (χ4n) is 4.87. The highest BCUT2D eigenvalue weighted by molar-refractivity contribution is 6.07. The van der Waals surface area contributed by atoms with Gasteiger partial charge in [-0.2, -0.15) is 13.2 Å². The smallest absolute Gasteiger partial charge is 0.323 e. The van der Waals surface area contributed by atoms with Crippen molar-refractivity contribution in [3.05, 3.63) is 23.9 Å². The van der Waals surface area contributed by atoms with Crippen molar-refractivity contribution < 1.29 is 32.6 Å². The first-order valence-electron chi connectivity index (χ1n) is 10.5. The van der Waals surface area contributed by atoms with Crippen LogP contribution in [-0.4, -0.2) is 55.2 Å². The number of nitrogens with zero attached hydrogens (tertiary/aromatic N) is 2. The van der Waals surface area contributed by atoms with E-state index in [0.717, 1.165) is 36.4 Å². The number of carbonyl (C=O) groups is 2. The van der Waals surface area contributed by atoms with Crippen LogP contribution in [0.1, 0.15) is 38.2 Å². The van der Waals surface area contributed by atoms with Crippen LogP contribution in [0.25, 0.3) is 0 Å². The number of carbonyl (C=O) groups excluding carboxylic acids is 2. The van der Waals surface area contributed by atoms with Crippen molar-refractivity contribution in [2.24, 2.45) is 5.92 Å². The molecule has 3 aliphatic rings. The summed E-state index contributed by atoms with van der Waals surface area (Å²) in [5.41, 5.74) is -1.45. The van der Waals surface area contributed by atoms with Crippen molar-refractivity contribution >= 4 is 17.8 Å². The predicted octanol–water partition coefficient (Wildman–Crippen LogP) is 0.683. The van der Waals surface area contributed by atoms with E-state index in [4.69, 9.17) is 0 Å². The Balaban J connectivity index is 1.35. The first-order valence-corrected chi connectivity index (χ1v) is 10.5. The molecule has 2 saturated heterocycles. The van der Waals surface area contributed by atoms with Crippen LogP contribution >= 0.6 is 0 Å². The molecule has 0 radical (unpaired) electrons. The molecule has 1 aliphatic carbocycles. The fourth-order valence-corrected chi connectivity index (χ4v) is 4.87. The quantitative estimate of drug-likeness (QED) is 0.698. The summed E-state index contributed by atoms with van der Waals surface area (Å²) < 4.78 is 38.2. The molecule has 10 heteroatoms. The van der Waals surface area contributed by atoms with Crippen molar-refractivity contribution in [3.8, 4) is 0 Å². The summed E-state index contributed by atoms with van der Waals surface area (Å²) in [6, 6.07) is 2.21. The SMILES string of the molecule is C[C@H]1CCCC[C@@]12NC(=O)N(C[NH+]1CCN(c3ccc(C(F)(F)F)c[nH+]3)CC1)C2=O. The Bertz CT molecular complexity index is 808. The second-order valence-corrected chi connectivity index (χ2v) is 8.64. The standard InChI is InChI=1S/C20H26F3N5O2/c1-14-4-2-3-7-19(14)17(29)28(18(30)25-19)13-26-8-10-27(11-9-26)16-6-5-15(12-24-16)20(21,22)23/h5-6,12,14H,2-4,7-11,13H2,1H3,(H,25,30)/p+2/t14-,19+/m0/s1. The largest absolute Gasteiger partial charge is 0.419 e. The lowest BCUT2D eigenvalue weighted by atomic mass is 9.73. The van der Waals surface area contributed by atoms with Gasteiger partial charge in [0.1, 0.15) is 37.9 Å². The summed E-state index contributed by atoms with van der Waals surface area (Å²) in [6.07, 6.45) is 0.275. The molecule has 2 aliphatic heterocycles. The number of pyridine rings is 1. The highest BCUT2D eigenvalue weighted by atomic mass is 19.4. The number of nitrogens with one attached hydrogen (secondary N) is 3. The third-order valence-corrected chi connectivity index (χ3v) is 6.82. The number of amides is 3. The zero-order valence-corrected chi connectivity index (χ0v) is 17.0. The van der Waals surface area contributed by atoms with Crippen LogP contribution in [0.2, 0.25) is 0 Å². The van der Waals surface area contributed by atoms with Crippen molar-refractivity contribution in [1.82, 2.24) is 10.2 Å². The third-order valence-electron chi connectivity index (χ3n) is 6.82. The molecule has 4 rings (SSSR count). The number of rotatable bonds is 3. The lowest BCUT2D eigenvalue weighted by Gasteiger charge is -2.37. The molecule has 164 valence electrons. The second kappa shape index (κ2) is 7.72. The number of H-pyrrole nitrogens is 1. The minimum atomic E-state index is -4.37. The molecule has 2 atom stereocenters. The predicted molar refractivity (Wildman–Crippen MR) is 102 cm³/mol. The fraction of sp³-hybridized carbons (Fsp3) is 0.650. The number of hydrogen-bond acceptors (Lipinski definition) is 3. The van der Waals surface area contributed by atoms with E-state index in [1.54, 1.807) is 0 Å². The van der Waals surface area contributed by atoms with Crippen molar-refractivity contribution in [2.75, 3.05) is 37.7 Å². The first-order chi connectivity index (χ1) is 14.2. The molecule has 1 spiro atoms. The van der Waals surface area contributed by atoms with Crippen molar-refractivity contribution in [3.63, 3.8) is 0 Å². The monoisotopic (exact) mass is 427 g/mol. The van der Waals surface area contributed by atoms with Crippen LogP contribution in [0.5, 0.6) is 0 Å². The molecule has 1 saturated carbocycles. The van der Waals surface area contributed by atoms with E-state index in [1.807, 2.05) is 11.8 Å². The number of halogens is 3. The molecule has 3 fully saturated rings. The van der Waals surface area contributed by atoms with Crippen molar-refractivity contribution in [2.45, 2.75) is 44.3 Å². The third kappa shape index (κ3) is 3.73. The van der Waals surface area contributed by atoms with Crippen LogP contribution in [0.3, 0.4) is 0 Å². The van der Waals surface area contributed by atoms with E-state index in [2.05, 4.69) is 10.3 Å². The number of anilines is 1. The van der Waals surface area contributed by atoms with Gasteiger partial charge < -0.3 is 10.2 Å². The molecule has 7 nitrogen and oxygen atoms in total. The summed E-state index contributed by atoms with van der Waals surface area (Å²) in [7, 11) is 0. The highest BCUT2D eigenvalue weighted by Gasteiger charge is 2.55. The average molecular weight is 427 g/mol. The lowest BCUT2D eigenvalue weighted by Crippen LogP contribution is -3.16. The number of hydrogen-bond donors (Lipinski definition) is 2. The highest BCUT2D eigenvalue weighted by Crippen LogP contribution is 2.37. The van der Waals surface area contributed by atoms with Crippen LogP contribution in [-0.2, 0) is 11.0 Å². The van der Waals surface area contributed by atoms with E-state index >= 15 is 0 Å².